The molecule has 16 heavy (non-hydrogen) atoms. The molecule has 5 heteroatoms. The first-order valence-electron chi connectivity index (χ1n) is 5.64. The Labute approximate surface area is 94.5 Å². The molecule has 0 radical (unpaired) electrons. The summed E-state index contributed by atoms with van der Waals surface area (Å²) in [5, 5.41) is 15.9. The number of carbonyl (C=O) groups is 1. The number of piperidine rings is 1. The maximum absolute atomic E-state index is 11.5. The van der Waals surface area contributed by atoms with Crippen molar-refractivity contribution in [2.75, 3.05) is 6.54 Å². The van der Waals surface area contributed by atoms with Crippen LogP contribution >= 0.6 is 0 Å². The zero-order chi connectivity index (χ0) is 11.5. The molecule has 0 aliphatic carbocycles. The van der Waals surface area contributed by atoms with Gasteiger partial charge in [-0.1, -0.05) is 0 Å². The molecule has 1 saturated heterocycles. The summed E-state index contributed by atoms with van der Waals surface area (Å²) in [7, 11) is 0. The normalized spacial score (nSPS) is 21.1. The summed E-state index contributed by atoms with van der Waals surface area (Å²) in [5.74, 6) is 0.0956. The van der Waals surface area contributed by atoms with E-state index in [4.69, 9.17) is 5.11 Å². The highest BCUT2D eigenvalue weighted by Gasteiger charge is 2.27. The number of aliphatic hydroxyl groups excluding tert-OH is 1. The lowest BCUT2D eigenvalue weighted by molar-refractivity contribution is -0.132. The summed E-state index contributed by atoms with van der Waals surface area (Å²) in [5.41, 5.74) is 1.56. The number of aromatic nitrogens is 2. The van der Waals surface area contributed by atoms with Gasteiger partial charge in [0.05, 0.1) is 24.0 Å². The second kappa shape index (κ2) is 4.65. The molecular formula is C11H17N3O2. The molecule has 0 saturated carbocycles. The number of hydrogen-bond donors (Lipinski definition) is 2. The van der Waals surface area contributed by atoms with Crippen molar-refractivity contribution in [1.29, 1.82) is 0 Å². The standard InChI is InChI=1S/C11H17N3O2/c1-8(16)14-5-3-2-4-11(14)10-6-9(7-15)12-13-10/h6,11,15H,2-5,7H2,1H3,(H,12,13). The van der Waals surface area contributed by atoms with Gasteiger partial charge in [-0.3, -0.25) is 9.89 Å². The first kappa shape index (κ1) is 11.1. The average Bonchev–Trinajstić information content (AvgIpc) is 2.77. The third-order valence-corrected chi connectivity index (χ3v) is 3.07. The molecule has 2 rings (SSSR count). The Kier molecular flexibility index (Phi) is 3.24. The summed E-state index contributed by atoms with van der Waals surface area (Å²) < 4.78 is 0. The summed E-state index contributed by atoms with van der Waals surface area (Å²) in [6, 6.07) is 1.91. The quantitative estimate of drug-likeness (QED) is 0.785. The SMILES string of the molecule is CC(=O)N1CCCCC1c1cc(CO)[nH]n1. The van der Waals surface area contributed by atoms with Crippen molar-refractivity contribution in [2.24, 2.45) is 0 Å². The number of carbonyl (C=O) groups excluding carboxylic acids is 1. The molecule has 1 aliphatic rings. The number of nitrogens with zero attached hydrogens (tertiary/aromatic N) is 2. The molecule has 0 aromatic carbocycles. The lowest BCUT2D eigenvalue weighted by atomic mass is 9.99. The van der Waals surface area contributed by atoms with Crippen LogP contribution in [0, 0.1) is 0 Å². The van der Waals surface area contributed by atoms with Gasteiger partial charge in [-0.15, -0.1) is 0 Å². The Balaban J connectivity index is 2.19. The van der Waals surface area contributed by atoms with Crippen LogP contribution in [0.2, 0.25) is 0 Å². The molecule has 1 atom stereocenters. The molecule has 88 valence electrons. The van der Waals surface area contributed by atoms with E-state index in [2.05, 4.69) is 10.2 Å². The van der Waals surface area contributed by atoms with Crippen LogP contribution in [0.15, 0.2) is 6.07 Å². The van der Waals surface area contributed by atoms with Gasteiger partial charge in [-0.25, -0.2) is 0 Å². The van der Waals surface area contributed by atoms with E-state index in [9.17, 15) is 4.79 Å². The van der Waals surface area contributed by atoms with Crippen LogP contribution in [0.5, 0.6) is 0 Å². The fourth-order valence-electron chi connectivity index (χ4n) is 2.25. The Morgan fingerprint density at radius 2 is 2.50 bits per heavy atom. The van der Waals surface area contributed by atoms with Crippen LogP contribution in [-0.2, 0) is 11.4 Å². The third-order valence-electron chi connectivity index (χ3n) is 3.07. The molecule has 1 aromatic rings. The second-order valence-corrected chi connectivity index (χ2v) is 4.20. The van der Waals surface area contributed by atoms with Gasteiger partial charge in [0.1, 0.15) is 0 Å². The van der Waals surface area contributed by atoms with Gasteiger partial charge in [0.25, 0.3) is 0 Å². The Hall–Kier alpha value is -1.36. The minimum atomic E-state index is -0.0419. The molecular weight excluding hydrogens is 206 g/mol. The van der Waals surface area contributed by atoms with Crippen molar-refractivity contribution in [3.05, 3.63) is 17.5 Å². The molecule has 2 N–H and O–H groups in total. The van der Waals surface area contributed by atoms with Crippen LogP contribution in [0.4, 0.5) is 0 Å². The van der Waals surface area contributed by atoms with Gasteiger partial charge in [0.15, 0.2) is 0 Å². The van der Waals surface area contributed by atoms with Crippen LogP contribution in [0.1, 0.15) is 43.6 Å². The molecule has 2 heterocycles. The monoisotopic (exact) mass is 223 g/mol. The topological polar surface area (TPSA) is 69.2 Å². The number of rotatable bonds is 2. The second-order valence-electron chi connectivity index (χ2n) is 4.20. The lowest BCUT2D eigenvalue weighted by Crippen LogP contribution is -2.37. The molecule has 1 unspecified atom stereocenters. The van der Waals surface area contributed by atoms with Crippen molar-refractivity contribution >= 4 is 5.91 Å². The Bertz CT molecular complexity index is 375. The van der Waals surface area contributed by atoms with Gasteiger partial charge in [-0.2, -0.15) is 5.10 Å². The molecule has 0 bridgehead atoms. The number of hydrogen-bond acceptors (Lipinski definition) is 3. The number of H-pyrrole nitrogens is 1. The van der Waals surface area contributed by atoms with E-state index in [1.54, 1.807) is 6.92 Å². The number of aliphatic hydroxyl groups is 1. The first-order chi connectivity index (χ1) is 7.72. The van der Waals surface area contributed by atoms with E-state index in [0.717, 1.165) is 31.5 Å². The lowest BCUT2D eigenvalue weighted by Gasteiger charge is -2.33. The highest BCUT2D eigenvalue weighted by Crippen LogP contribution is 2.29. The van der Waals surface area contributed by atoms with E-state index in [1.807, 2.05) is 11.0 Å². The van der Waals surface area contributed by atoms with E-state index in [1.165, 1.54) is 0 Å². The molecule has 0 spiro atoms. The largest absolute Gasteiger partial charge is 0.390 e. The van der Waals surface area contributed by atoms with Gasteiger partial charge in [0, 0.05) is 13.5 Å². The van der Waals surface area contributed by atoms with Crippen LogP contribution < -0.4 is 0 Å². The highest BCUT2D eigenvalue weighted by molar-refractivity contribution is 5.73. The smallest absolute Gasteiger partial charge is 0.220 e. The van der Waals surface area contributed by atoms with Gasteiger partial charge in [-0.05, 0) is 25.3 Å². The van der Waals surface area contributed by atoms with Crippen molar-refractivity contribution in [1.82, 2.24) is 15.1 Å². The van der Waals surface area contributed by atoms with E-state index >= 15 is 0 Å². The number of amides is 1. The molecule has 5 nitrogen and oxygen atoms in total. The molecule has 1 aromatic heterocycles. The molecule has 1 fully saturated rings. The predicted molar refractivity (Wildman–Crippen MR) is 58.5 cm³/mol. The zero-order valence-electron chi connectivity index (χ0n) is 9.44. The number of likely N-dealkylation sites (tertiary alicyclic amines) is 1. The van der Waals surface area contributed by atoms with E-state index < -0.39 is 0 Å². The first-order valence-corrected chi connectivity index (χ1v) is 5.64. The van der Waals surface area contributed by atoms with E-state index in [-0.39, 0.29) is 18.6 Å². The minimum Gasteiger partial charge on any atom is -0.390 e. The predicted octanol–water partition coefficient (Wildman–Crippen LogP) is 0.975. The fraction of sp³-hybridized carbons (Fsp3) is 0.636. The maximum atomic E-state index is 11.5. The van der Waals surface area contributed by atoms with Gasteiger partial charge in [0.2, 0.25) is 5.91 Å². The highest BCUT2D eigenvalue weighted by atomic mass is 16.3. The summed E-state index contributed by atoms with van der Waals surface area (Å²) in [4.78, 5) is 13.4. The summed E-state index contributed by atoms with van der Waals surface area (Å²) in [6.45, 7) is 2.36. The van der Waals surface area contributed by atoms with Crippen LogP contribution in [0.3, 0.4) is 0 Å². The summed E-state index contributed by atoms with van der Waals surface area (Å²) in [6.07, 6.45) is 3.14. The summed E-state index contributed by atoms with van der Waals surface area (Å²) >= 11 is 0. The molecule has 1 aliphatic heterocycles. The maximum Gasteiger partial charge on any atom is 0.220 e. The minimum absolute atomic E-state index is 0.0419. The fourth-order valence-corrected chi connectivity index (χ4v) is 2.25. The Morgan fingerprint density at radius 1 is 1.69 bits per heavy atom. The van der Waals surface area contributed by atoms with Crippen molar-refractivity contribution in [2.45, 2.75) is 38.8 Å². The zero-order valence-corrected chi connectivity index (χ0v) is 9.44. The van der Waals surface area contributed by atoms with Crippen LogP contribution in [0.25, 0.3) is 0 Å². The van der Waals surface area contributed by atoms with E-state index in [0.29, 0.717) is 5.69 Å². The van der Waals surface area contributed by atoms with Crippen molar-refractivity contribution in [3.8, 4) is 0 Å². The van der Waals surface area contributed by atoms with Crippen LogP contribution in [-0.4, -0.2) is 32.7 Å². The van der Waals surface area contributed by atoms with Crippen molar-refractivity contribution < 1.29 is 9.90 Å². The van der Waals surface area contributed by atoms with Gasteiger partial charge < -0.3 is 10.0 Å². The van der Waals surface area contributed by atoms with Gasteiger partial charge >= 0.3 is 0 Å². The van der Waals surface area contributed by atoms with Crippen molar-refractivity contribution in [3.63, 3.8) is 0 Å². The average molecular weight is 223 g/mol. The number of nitrogens with one attached hydrogen (secondary N) is 1. The molecule has 1 amide bonds. The number of aromatic amines is 1. The third kappa shape index (κ3) is 2.09. The Morgan fingerprint density at radius 3 is 3.12 bits per heavy atom.